The second kappa shape index (κ2) is 4.61. The molecule has 0 fully saturated rings. The van der Waals surface area contributed by atoms with Crippen LogP contribution in [0.2, 0.25) is 0 Å². The molecule has 2 aromatic heterocycles. The number of halogens is 1. The van der Waals surface area contributed by atoms with Crippen molar-refractivity contribution in [3.8, 4) is 0 Å². The van der Waals surface area contributed by atoms with Crippen LogP contribution in [0.5, 0.6) is 0 Å². The van der Waals surface area contributed by atoms with Gasteiger partial charge in [-0.3, -0.25) is 9.20 Å². The van der Waals surface area contributed by atoms with E-state index in [2.05, 4.69) is 10.2 Å². The van der Waals surface area contributed by atoms with Crippen LogP contribution in [0.1, 0.15) is 21.7 Å². The number of rotatable bonds is 3. The van der Waals surface area contributed by atoms with Crippen LogP contribution in [-0.4, -0.2) is 20.9 Å². The molecule has 1 aromatic carbocycles. The molecule has 0 aliphatic carbocycles. The maximum atomic E-state index is 12.8. The van der Waals surface area contributed by atoms with Gasteiger partial charge in [0, 0.05) is 18.2 Å². The van der Waals surface area contributed by atoms with Crippen LogP contribution in [0.25, 0.3) is 5.65 Å². The summed E-state index contributed by atoms with van der Waals surface area (Å²) in [7, 11) is 0. The maximum absolute atomic E-state index is 12.8. The lowest BCUT2D eigenvalue weighted by Gasteiger charge is -2.01. The van der Waals surface area contributed by atoms with Crippen molar-refractivity contribution < 1.29 is 9.18 Å². The summed E-state index contributed by atoms with van der Waals surface area (Å²) < 4.78 is 14.6. The minimum atomic E-state index is -0.266. The van der Waals surface area contributed by atoms with Crippen molar-refractivity contribution in [2.24, 2.45) is 0 Å². The predicted molar refractivity (Wildman–Crippen MR) is 67.6 cm³/mol. The Balaban J connectivity index is 2.00. The zero-order valence-electron chi connectivity index (χ0n) is 9.95. The first-order valence-electron chi connectivity index (χ1n) is 5.79. The van der Waals surface area contributed by atoms with Gasteiger partial charge in [-0.2, -0.15) is 0 Å². The summed E-state index contributed by atoms with van der Waals surface area (Å²) in [5.41, 5.74) is 2.18. The summed E-state index contributed by atoms with van der Waals surface area (Å²) >= 11 is 0. The molecule has 0 amide bonds. The summed E-state index contributed by atoms with van der Waals surface area (Å²) in [6.07, 6.45) is 3.01. The number of carbonyl (C=O) groups excluding carboxylic acids is 1. The first-order chi connectivity index (χ1) is 9.26. The number of aldehydes is 1. The second-order valence-corrected chi connectivity index (χ2v) is 4.23. The monoisotopic (exact) mass is 255 g/mol. The molecule has 0 saturated carbocycles. The first-order valence-corrected chi connectivity index (χ1v) is 5.79. The van der Waals surface area contributed by atoms with Crippen LogP contribution >= 0.6 is 0 Å². The summed E-state index contributed by atoms with van der Waals surface area (Å²) in [6, 6.07) is 9.67. The first kappa shape index (κ1) is 11.5. The molecule has 19 heavy (non-hydrogen) atoms. The SMILES string of the molecule is O=Cc1ccc2nnc(Cc3ccc(F)cc3)n2c1. The summed E-state index contributed by atoms with van der Waals surface area (Å²) in [5.74, 6) is 0.448. The van der Waals surface area contributed by atoms with Crippen LogP contribution in [0.15, 0.2) is 42.6 Å². The molecule has 0 unspecified atom stereocenters. The summed E-state index contributed by atoms with van der Waals surface area (Å²) in [5, 5.41) is 8.12. The molecule has 5 heteroatoms. The number of hydrogen-bond donors (Lipinski definition) is 0. The number of benzene rings is 1. The largest absolute Gasteiger partial charge is 0.298 e. The predicted octanol–water partition coefficient (Wildman–Crippen LogP) is 2.27. The van der Waals surface area contributed by atoms with E-state index < -0.39 is 0 Å². The molecule has 0 radical (unpaired) electrons. The van der Waals surface area contributed by atoms with Crippen LogP contribution in [0.3, 0.4) is 0 Å². The Morgan fingerprint density at radius 1 is 1.11 bits per heavy atom. The molecule has 0 N–H and O–H groups in total. The van der Waals surface area contributed by atoms with Gasteiger partial charge in [-0.25, -0.2) is 4.39 Å². The molecular weight excluding hydrogens is 245 g/mol. The van der Waals surface area contributed by atoms with Gasteiger partial charge in [0.05, 0.1) is 0 Å². The summed E-state index contributed by atoms with van der Waals surface area (Å²) in [6.45, 7) is 0. The van der Waals surface area contributed by atoms with Gasteiger partial charge >= 0.3 is 0 Å². The number of aromatic nitrogens is 3. The van der Waals surface area contributed by atoms with E-state index in [1.165, 1.54) is 12.1 Å². The Bertz CT molecular complexity index is 734. The zero-order valence-corrected chi connectivity index (χ0v) is 9.95. The van der Waals surface area contributed by atoms with Gasteiger partial charge in [0.15, 0.2) is 11.9 Å². The van der Waals surface area contributed by atoms with Crippen molar-refractivity contribution in [2.75, 3.05) is 0 Å². The molecular formula is C14H10FN3O. The highest BCUT2D eigenvalue weighted by molar-refractivity contribution is 5.74. The Hall–Kier alpha value is -2.56. The van der Waals surface area contributed by atoms with Gasteiger partial charge < -0.3 is 0 Å². The molecule has 0 atom stereocenters. The third-order valence-electron chi connectivity index (χ3n) is 2.91. The fourth-order valence-electron chi connectivity index (χ4n) is 1.93. The fraction of sp³-hybridized carbons (Fsp3) is 0.0714. The van der Waals surface area contributed by atoms with E-state index in [4.69, 9.17) is 0 Å². The van der Waals surface area contributed by atoms with E-state index in [9.17, 15) is 9.18 Å². The Labute approximate surface area is 108 Å². The Morgan fingerprint density at radius 2 is 1.89 bits per heavy atom. The zero-order chi connectivity index (χ0) is 13.2. The highest BCUT2D eigenvalue weighted by atomic mass is 19.1. The molecule has 0 saturated heterocycles. The van der Waals surface area contributed by atoms with Crippen molar-refractivity contribution in [1.29, 1.82) is 0 Å². The molecule has 3 aromatic rings. The molecule has 0 aliphatic heterocycles. The third kappa shape index (κ3) is 2.22. The normalized spacial score (nSPS) is 10.8. The van der Waals surface area contributed by atoms with Gasteiger partial charge in [0.25, 0.3) is 0 Å². The average molecular weight is 255 g/mol. The van der Waals surface area contributed by atoms with E-state index in [1.807, 2.05) is 0 Å². The molecule has 0 aliphatic rings. The maximum Gasteiger partial charge on any atom is 0.160 e. The van der Waals surface area contributed by atoms with Crippen molar-refractivity contribution in [1.82, 2.24) is 14.6 Å². The van der Waals surface area contributed by atoms with Crippen LogP contribution < -0.4 is 0 Å². The van der Waals surface area contributed by atoms with E-state index in [1.54, 1.807) is 34.9 Å². The van der Waals surface area contributed by atoms with Gasteiger partial charge in [-0.1, -0.05) is 12.1 Å². The highest BCUT2D eigenvalue weighted by Crippen LogP contribution is 2.11. The Morgan fingerprint density at radius 3 is 2.63 bits per heavy atom. The molecule has 4 nitrogen and oxygen atoms in total. The lowest BCUT2D eigenvalue weighted by atomic mass is 10.1. The van der Waals surface area contributed by atoms with Crippen molar-refractivity contribution >= 4 is 11.9 Å². The lowest BCUT2D eigenvalue weighted by molar-refractivity contribution is 0.112. The minimum absolute atomic E-state index is 0.266. The molecule has 3 rings (SSSR count). The number of hydrogen-bond acceptors (Lipinski definition) is 3. The van der Waals surface area contributed by atoms with E-state index in [0.717, 1.165) is 11.8 Å². The van der Waals surface area contributed by atoms with Crippen molar-refractivity contribution in [3.05, 3.63) is 65.4 Å². The van der Waals surface area contributed by atoms with Gasteiger partial charge in [-0.05, 0) is 29.8 Å². The minimum Gasteiger partial charge on any atom is -0.298 e. The van der Waals surface area contributed by atoms with Crippen LogP contribution in [0.4, 0.5) is 4.39 Å². The number of fused-ring (bicyclic) bond motifs is 1. The number of carbonyl (C=O) groups is 1. The molecule has 0 spiro atoms. The molecule has 94 valence electrons. The summed E-state index contributed by atoms with van der Waals surface area (Å²) in [4.78, 5) is 10.8. The van der Waals surface area contributed by atoms with Gasteiger partial charge in [-0.15, -0.1) is 10.2 Å². The van der Waals surface area contributed by atoms with E-state index >= 15 is 0 Å². The lowest BCUT2D eigenvalue weighted by Crippen LogP contribution is -1.97. The second-order valence-electron chi connectivity index (χ2n) is 4.23. The van der Waals surface area contributed by atoms with Crippen LogP contribution in [-0.2, 0) is 6.42 Å². The average Bonchev–Trinajstić information content (AvgIpc) is 2.84. The van der Waals surface area contributed by atoms with Crippen molar-refractivity contribution in [3.63, 3.8) is 0 Å². The number of nitrogens with zero attached hydrogens (tertiary/aromatic N) is 3. The number of pyridine rings is 1. The topological polar surface area (TPSA) is 47.3 Å². The molecule has 0 bridgehead atoms. The van der Waals surface area contributed by atoms with Crippen molar-refractivity contribution in [2.45, 2.75) is 6.42 Å². The van der Waals surface area contributed by atoms with E-state index in [0.29, 0.717) is 23.5 Å². The molecule has 2 heterocycles. The van der Waals surface area contributed by atoms with E-state index in [-0.39, 0.29) is 5.82 Å². The fourth-order valence-corrected chi connectivity index (χ4v) is 1.93. The van der Waals surface area contributed by atoms with Crippen LogP contribution in [0, 0.1) is 5.82 Å². The van der Waals surface area contributed by atoms with Gasteiger partial charge in [0.2, 0.25) is 0 Å². The standard InChI is InChI=1S/C14H10FN3O/c15-12-4-1-10(2-5-12)7-14-17-16-13-6-3-11(9-19)8-18(13)14/h1-6,8-9H,7H2. The third-order valence-corrected chi connectivity index (χ3v) is 2.91. The van der Waals surface area contributed by atoms with Gasteiger partial charge in [0.1, 0.15) is 11.6 Å². The highest BCUT2D eigenvalue weighted by Gasteiger charge is 2.07. The smallest absolute Gasteiger partial charge is 0.160 e. The Kier molecular flexibility index (Phi) is 2.79. The quantitative estimate of drug-likeness (QED) is 0.674.